The predicted molar refractivity (Wildman–Crippen MR) is 101 cm³/mol. The number of halogens is 1. The fourth-order valence-corrected chi connectivity index (χ4v) is 4.02. The van der Waals surface area contributed by atoms with Crippen LogP contribution in [0.15, 0.2) is 45.9 Å². The zero-order valence-corrected chi connectivity index (χ0v) is 19.5. The van der Waals surface area contributed by atoms with E-state index in [-0.39, 0.29) is 40.0 Å². The van der Waals surface area contributed by atoms with Gasteiger partial charge in [0.25, 0.3) is 0 Å². The first-order valence-corrected chi connectivity index (χ1v) is 10.2. The molecule has 0 atom stereocenters. The Bertz CT molecular complexity index is 916. The summed E-state index contributed by atoms with van der Waals surface area (Å²) >= 11 is 3.26. The van der Waals surface area contributed by atoms with Gasteiger partial charge in [0.1, 0.15) is 15.8 Å². The summed E-state index contributed by atoms with van der Waals surface area (Å²) in [7, 11) is -4.13. The van der Waals surface area contributed by atoms with Crippen molar-refractivity contribution in [2.75, 3.05) is 31.2 Å². The van der Waals surface area contributed by atoms with E-state index in [1.54, 1.807) is 24.3 Å². The van der Waals surface area contributed by atoms with Crippen LogP contribution < -0.4 is 34.5 Å². The number of carbonyl (C=O) groups excluding carboxylic acids is 1. The number of ether oxygens (including phenoxy) is 1. The Labute approximate surface area is 189 Å². The van der Waals surface area contributed by atoms with Crippen molar-refractivity contribution in [3.63, 3.8) is 0 Å². The van der Waals surface area contributed by atoms with Gasteiger partial charge in [0.15, 0.2) is 0 Å². The molecule has 2 aromatic rings. The predicted octanol–water partition coefficient (Wildman–Crippen LogP) is -0.104. The van der Waals surface area contributed by atoms with Crippen LogP contribution in [0.4, 0.5) is 5.82 Å². The number of nitrogens with zero attached hydrogens (tertiary/aromatic N) is 3. The number of hydrogen-bond donors (Lipinski definition) is 0. The Kier molecular flexibility index (Phi) is 7.84. The minimum Gasteiger partial charge on any atom is -0.537 e. The van der Waals surface area contributed by atoms with Gasteiger partial charge in [0.2, 0.25) is 0 Å². The zero-order chi connectivity index (χ0) is 18.7. The Morgan fingerprint density at radius 3 is 2.52 bits per heavy atom. The topological polar surface area (TPSA) is 90.7 Å². The molecule has 1 aliphatic heterocycles. The number of pyridine rings is 1. The molecule has 0 radical (unpaired) electrons. The number of aromatic nitrogens is 1. The number of benzene rings is 1. The number of sulfonamides is 1. The van der Waals surface area contributed by atoms with Crippen molar-refractivity contribution in [3.8, 4) is 0 Å². The third-order valence-corrected chi connectivity index (χ3v) is 5.81. The van der Waals surface area contributed by atoms with Gasteiger partial charge in [-0.1, -0.05) is 28.1 Å². The molecule has 2 heterocycles. The first-order chi connectivity index (χ1) is 12.4. The molecule has 7 nitrogen and oxygen atoms in total. The van der Waals surface area contributed by atoms with Crippen molar-refractivity contribution >= 4 is 37.7 Å². The van der Waals surface area contributed by atoms with Gasteiger partial charge >= 0.3 is 29.6 Å². The summed E-state index contributed by atoms with van der Waals surface area (Å²) in [6, 6.07) is 8.02. The van der Waals surface area contributed by atoms with Gasteiger partial charge in [-0.15, -0.1) is 0 Å². The van der Waals surface area contributed by atoms with E-state index in [1.807, 2.05) is 11.8 Å². The van der Waals surface area contributed by atoms with Crippen LogP contribution in [0.3, 0.4) is 0 Å². The smallest absolute Gasteiger partial charge is 0.537 e. The SMILES string of the molecule is Cc1ccc(C(=O)[N-]S(=O)(=O)c2ccc(N3CCOCC3)nc2)c(Br)c1.[Na+]. The average Bonchev–Trinajstić information content (AvgIpc) is 2.62. The number of aryl methyl sites for hydroxylation is 1. The molecule has 3 rings (SSSR count). The van der Waals surface area contributed by atoms with E-state index in [1.165, 1.54) is 12.3 Å². The monoisotopic (exact) mass is 461 g/mol. The van der Waals surface area contributed by atoms with Crippen molar-refractivity contribution in [1.29, 1.82) is 0 Å². The Morgan fingerprint density at radius 2 is 1.93 bits per heavy atom. The molecule has 1 aliphatic rings. The summed E-state index contributed by atoms with van der Waals surface area (Å²) in [4.78, 5) is 18.3. The van der Waals surface area contributed by atoms with Crippen LogP contribution in [0.1, 0.15) is 15.9 Å². The van der Waals surface area contributed by atoms with E-state index in [0.717, 1.165) is 5.56 Å². The number of amides is 1. The van der Waals surface area contributed by atoms with Crippen molar-refractivity contribution in [2.45, 2.75) is 11.8 Å². The molecular formula is C17H17BrN3NaO4S. The third-order valence-electron chi connectivity index (χ3n) is 3.91. The Balaban J connectivity index is 0.00000261. The summed E-state index contributed by atoms with van der Waals surface area (Å²) < 4.78 is 34.0. The quantitative estimate of drug-likeness (QED) is 0.590. The van der Waals surface area contributed by atoms with Crippen LogP contribution in [0.2, 0.25) is 0 Å². The second-order valence-electron chi connectivity index (χ2n) is 5.81. The summed E-state index contributed by atoms with van der Waals surface area (Å²) in [5, 5.41) is 0. The first-order valence-electron chi connectivity index (χ1n) is 7.94. The number of rotatable bonds is 4. The zero-order valence-electron chi connectivity index (χ0n) is 15.1. The van der Waals surface area contributed by atoms with Crippen LogP contribution in [0.5, 0.6) is 0 Å². The van der Waals surface area contributed by atoms with Gasteiger partial charge in [0, 0.05) is 29.3 Å². The summed E-state index contributed by atoms with van der Waals surface area (Å²) in [5.74, 6) is -0.158. The molecule has 138 valence electrons. The van der Waals surface area contributed by atoms with E-state index in [4.69, 9.17) is 4.74 Å². The molecule has 1 aromatic carbocycles. The standard InChI is InChI=1S/C17H18BrN3O4S.Na/c1-12-2-4-14(15(18)10-12)17(22)20-26(23,24)13-3-5-16(19-11-13)21-6-8-25-9-7-21;/h2-5,10-11H,6-9H2,1H3,(H,20,22);/q;+1/p-1. The minimum atomic E-state index is -4.13. The molecule has 1 fully saturated rings. The molecule has 10 heteroatoms. The molecular weight excluding hydrogens is 445 g/mol. The normalized spacial score (nSPS) is 14.4. The van der Waals surface area contributed by atoms with Gasteiger partial charge in [0.05, 0.1) is 24.0 Å². The number of hydrogen-bond acceptors (Lipinski definition) is 6. The van der Waals surface area contributed by atoms with E-state index in [9.17, 15) is 13.2 Å². The summed E-state index contributed by atoms with van der Waals surface area (Å²) in [6.07, 6.45) is 1.22. The van der Waals surface area contributed by atoms with Crippen LogP contribution >= 0.6 is 15.9 Å². The van der Waals surface area contributed by atoms with Crippen LogP contribution in [-0.2, 0) is 14.8 Å². The van der Waals surface area contributed by atoms with Crippen molar-refractivity contribution in [2.24, 2.45) is 0 Å². The largest absolute Gasteiger partial charge is 1.00 e. The molecule has 0 aliphatic carbocycles. The molecule has 0 N–H and O–H groups in total. The molecule has 0 bridgehead atoms. The molecule has 0 saturated carbocycles. The van der Waals surface area contributed by atoms with Gasteiger partial charge in [-0.05, 0) is 30.7 Å². The van der Waals surface area contributed by atoms with Crippen LogP contribution in [0.25, 0.3) is 4.72 Å². The fourth-order valence-electron chi connectivity index (χ4n) is 2.51. The van der Waals surface area contributed by atoms with E-state index >= 15 is 0 Å². The number of carbonyl (C=O) groups is 1. The molecule has 27 heavy (non-hydrogen) atoms. The fraction of sp³-hybridized carbons (Fsp3) is 0.294. The van der Waals surface area contributed by atoms with Gasteiger partial charge in [-0.3, -0.25) is 0 Å². The van der Waals surface area contributed by atoms with Gasteiger partial charge in [-0.2, -0.15) is 0 Å². The first kappa shape index (κ1) is 22.3. The second kappa shape index (κ2) is 9.49. The van der Waals surface area contributed by atoms with E-state index in [0.29, 0.717) is 36.6 Å². The minimum absolute atomic E-state index is 0. The third kappa shape index (κ3) is 5.52. The maximum Gasteiger partial charge on any atom is 1.00 e. The van der Waals surface area contributed by atoms with E-state index < -0.39 is 15.9 Å². The Hall–Kier alpha value is -0.970. The molecule has 1 amide bonds. The Morgan fingerprint density at radius 1 is 1.22 bits per heavy atom. The number of morpholine rings is 1. The van der Waals surface area contributed by atoms with Crippen LogP contribution in [0, 0.1) is 6.92 Å². The van der Waals surface area contributed by atoms with E-state index in [2.05, 4.69) is 25.6 Å². The summed E-state index contributed by atoms with van der Waals surface area (Å²) in [5.41, 5.74) is 1.14. The van der Waals surface area contributed by atoms with Crippen molar-refractivity contribution in [1.82, 2.24) is 4.98 Å². The van der Waals surface area contributed by atoms with Crippen LogP contribution in [-0.4, -0.2) is 45.6 Å². The average molecular weight is 462 g/mol. The maximum absolute atomic E-state index is 12.4. The summed E-state index contributed by atoms with van der Waals surface area (Å²) in [6.45, 7) is 4.48. The van der Waals surface area contributed by atoms with Crippen molar-refractivity contribution in [3.05, 3.63) is 56.9 Å². The van der Waals surface area contributed by atoms with Gasteiger partial charge < -0.3 is 19.2 Å². The van der Waals surface area contributed by atoms with Crippen molar-refractivity contribution < 1.29 is 47.5 Å². The molecule has 1 aromatic heterocycles. The van der Waals surface area contributed by atoms with Gasteiger partial charge in [-0.25, -0.2) is 13.4 Å². The maximum atomic E-state index is 12.4. The number of anilines is 1. The molecule has 0 unspecified atom stereocenters. The molecule has 1 saturated heterocycles. The molecule has 0 spiro atoms. The second-order valence-corrected chi connectivity index (χ2v) is 8.26.